The molecule has 80 valence electrons. The number of alkyl halides is 2. The molecule has 1 atom stereocenters. The lowest BCUT2D eigenvalue weighted by Gasteiger charge is -2.31. The molecule has 0 aromatic heterocycles. The van der Waals surface area contributed by atoms with Crippen molar-refractivity contribution in [3.8, 4) is 0 Å². The van der Waals surface area contributed by atoms with Crippen LogP contribution in [0.4, 0.5) is 8.78 Å². The summed E-state index contributed by atoms with van der Waals surface area (Å²) in [5, 5.41) is 11.5. The molecule has 0 fully saturated rings. The highest BCUT2D eigenvalue weighted by molar-refractivity contribution is 4.80. The van der Waals surface area contributed by atoms with Gasteiger partial charge >= 0.3 is 0 Å². The summed E-state index contributed by atoms with van der Waals surface area (Å²) in [4.78, 5) is 0. The van der Waals surface area contributed by atoms with Crippen LogP contribution in [0.3, 0.4) is 0 Å². The molecule has 0 saturated carbocycles. The van der Waals surface area contributed by atoms with E-state index in [0.29, 0.717) is 6.42 Å². The third-order valence-electron chi connectivity index (χ3n) is 1.98. The Kier molecular flexibility index (Phi) is 5.40. The summed E-state index contributed by atoms with van der Waals surface area (Å²) in [6.07, 6.45) is -1.82. The molecule has 0 aliphatic heterocycles. The summed E-state index contributed by atoms with van der Waals surface area (Å²) in [5.74, 6) is 0. The van der Waals surface area contributed by atoms with Crippen LogP contribution in [0.25, 0.3) is 0 Å². The van der Waals surface area contributed by atoms with Gasteiger partial charge in [-0.1, -0.05) is 20.8 Å². The zero-order chi connectivity index (χ0) is 10.5. The topological polar surface area (TPSA) is 32.3 Å². The maximum atomic E-state index is 11.9. The van der Waals surface area contributed by atoms with Crippen LogP contribution in [0.2, 0.25) is 0 Å². The number of nitrogens with one attached hydrogen (secondary N) is 1. The highest BCUT2D eigenvalue weighted by atomic mass is 19.3. The highest BCUT2D eigenvalue weighted by Gasteiger charge is 2.24. The minimum absolute atomic E-state index is 0.0260. The third kappa shape index (κ3) is 5.93. The fourth-order valence-corrected chi connectivity index (χ4v) is 1.20. The SMILES string of the molecule is CC(C)(C)C(CCO)NCC(F)F. The molecular formula is C9H19F2NO. The van der Waals surface area contributed by atoms with Crippen molar-refractivity contribution in [3.05, 3.63) is 0 Å². The van der Waals surface area contributed by atoms with Crippen molar-refractivity contribution in [1.29, 1.82) is 0 Å². The van der Waals surface area contributed by atoms with E-state index < -0.39 is 6.43 Å². The number of hydrogen-bond donors (Lipinski definition) is 2. The molecule has 0 saturated heterocycles. The van der Waals surface area contributed by atoms with Crippen LogP contribution in [0.1, 0.15) is 27.2 Å². The Morgan fingerprint density at radius 3 is 2.15 bits per heavy atom. The first-order valence-corrected chi connectivity index (χ1v) is 4.50. The molecule has 0 bridgehead atoms. The van der Waals surface area contributed by atoms with Crippen molar-refractivity contribution >= 4 is 0 Å². The fourth-order valence-electron chi connectivity index (χ4n) is 1.20. The van der Waals surface area contributed by atoms with E-state index in [9.17, 15) is 8.78 Å². The van der Waals surface area contributed by atoms with Crippen LogP contribution < -0.4 is 5.32 Å². The van der Waals surface area contributed by atoms with Crippen LogP contribution in [0, 0.1) is 5.41 Å². The first kappa shape index (κ1) is 12.8. The zero-order valence-electron chi connectivity index (χ0n) is 8.48. The Bertz CT molecular complexity index is 134. The first-order chi connectivity index (χ1) is 5.88. The molecule has 0 amide bonds. The quantitative estimate of drug-likeness (QED) is 0.699. The van der Waals surface area contributed by atoms with Crippen LogP contribution >= 0.6 is 0 Å². The Morgan fingerprint density at radius 1 is 1.31 bits per heavy atom. The van der Waals surface area contributed by atoms with Gasteiger partial charge in [0.1, 0.15) is 0 Å². The van der Waals surface area contributed by atoms with Crippen molar-refractivity contribution < 1.29 is 13.9 Å². The summed E-state index contributed by atoms with van der Waals surface area (Å²) < 4.78 is 23.8. The van der Waals surface area contributed by atoms with Crippen LogP contribution in [0.15, 0.2) is 0 Å². The molecule has 1 unspecified atom stereocenters. The molecule has 13 heavy (non-hydrogen) atoms. The van der Waals surface area contributed by atoms with Crippen molar-refractivity contribution in [2.45, 2.75) is 39.7 Å². The number of rotatable bonds is 5. The average molecular weight is 195 g/mol. The van der Waals surface area contributed by atoms with Crippen molar-refractivity contribution in [2.75, 3.05) is 13.2 Å². The Morgan fingerprint density at radius 2 is 1.85 bits per heavy atom. The first-order valence-electron chi connectivity index (χ1n) is 4.50. The molecular weight excluding hydrogens is 176 g/mol. The van der Waals surface area contributed by atoms with E-state index in [2.05, 4.69) is 5.32 Å². The van der Waals surface area contributed by atoms with Crippen LogP contribution in [-0.2, 0) is 0 Å². The second-order valence-electron chi connectivity index (χ2n) is 4.23. The van der Waals surface area contributed by atoms with E-state index in [4.69, 9.17) is 5.11 Å². The van der Waals surface area contributed by atoms with E-state index in [1.807, 2.05) is 20.8 Å². The van der Waals surface area contributed by atoms with Gasteiger partial charge in [0.05, 0.1) is 6.54 Å². The zero-order valence-corrected chi connectivity index (χ0v) is 8.48. The Balaban J connectivity index is 3.95. The standard InChI is InChI=1S/C9H19F2NO/c1-9(2,3)7(4-5-13)12-6-8(10)11/h7-8,12-13H,4-6H2,1-3H3. The number of hydrogen-bond acceptors (Lipinski definition) is 2. The summed E-state index contributed by atoms with van der Waals surface area (Å²) in [5.41, 5.74) is -0.0996. The molecule has 0 aromatic carbocycles. The summed E-state index contributed by atoms with van der Waals surface area (Å²) in [7, 11) is 0. The Hall–Kier alpha value is -0.220. The average Bonchev–Trinajstić information content (AvgIpc) is 1.95. The second kappa shape index (κ2) is 5.50. The maximum absolute atomic E-state index is 11.9. The molecule has 0 radical (unpaired) electrons. The fraction of sp³-hybridized carbons (Fsp3) is 1.00. The van der Waals surface area contributed by atoms with Gasteiger partial charge in [0.15, 0.2) is 0 Å². The molecule has 4 heteroatoms. The molecule has 2 N–H and O–H groups in total. The van der Waals surface area contributed by atoms with Gasteiger partial charge in [-0.15, -0.1) is 0 Å². The molecule has 2 nitrogen and oxygen atoms in total. The van der Waals surface area contributed by atoms with Crippen molar-refractivity contribution in [3.63, 3.8) is 0 Å². The van der Waals surface area contributed by atoms with Gasteiger partial charge in [-0.05, 0) is 11.8 Å². The second-order valence-corrected chi connectivity index (χ2v) is 4.23. The lowest BCUT2D eigenvalue weighted by molar-refractivity contribution is 0.121. The van der Waals surface area contributed by atoms with E-state index in [0.717, 1.165) is 0 Å². The van der Waals surface area contributed by atoms with Gasteiger partial charge in [-0.25, -0.2) is 8.78 Å². The van der Waals surface area contributed by atoms with Crippen molar-refractivity contribution in [2.24, 2.45) is 5.41 Å². The highest BCUT2D eigenvalue weighted by Crippen LogP contribution is 2.21. The van der Waals surface area contributed by atoms with Gasteiger partial charge in [0, 0.05) is 12.6 Å². The van der Waals surface area contributed by atoms with Gasteiger partial charge in [-0.3, -0.25) is 0 Å². The van der Waals surface area contributed by atoms with Gasteiger partial charge in [0.25, 0.3) is 6.43 Å². The molecule has 0 aromatic rings. The lowest BCUT2D eigenvalue weighted by atomic mass is 9.85. The number of aliphatic hydroxyl groups is 1. The predicted molar refractivity (Wildman–Crippen MR) is 49.0 cm³/mol. The Labute approximate surface area is 78.3 Å². The van der Waals surface area contributed by atoms with E-state index in [1.165, 1.54) is 0 Å². The van der Waals surface area contributed by atoms with Gasteiger partial charge < -0.3 is 10.4 Å². The monoisotopic (exact) mass is 195 g/mol. The summed E-state index contributed by atoms with van der Waals surface area (Å²) in [6.45, 7) is 5.61. The molecule has 0 aliphatic rings. The van der Waals surface area contributed by atoms with E-state index in [1.54, 1.807) is 0 Å². The van der Waals surface area contributed by atoms with E-state index >= 15 is 0 Å². The largest absolute Gasteiger partial charge is 0.396 e. The minimum atomic E-state index is -2.33. The lowest BCUT2D eigenvalue weighted by Crippen LogP contribution is -2.43. The summed E-state index contributed by atoms with van der Waals surface area (Å²) in [6, 6.07) is -0.0634. The summed E-state index contributed by atoms with van der Waals surface area (Å²) >= 11 is 0. The minimum Gasteiger partial charge on any atom is -0.396 e. The maximum Gasteiger partial charge on any atom is 0.250 e. The molecule has 0 spiro atoms. The van der Waals surface area contributed by atoms with Gasteiger partial charge in [-0.2, -0.15) is 0 Å². The van der Waals surface area contributed by atoms with Crippen molar-refractivity contribution in [1.82, 2.24) is 5.32 Å². The molecule has 0 rings (SSSR count). The molecule has 0 heterocycles. The number of aliphatic hydroxyl groups excluding tert-OH is 1. The predicted octanol–water partition coefficient (Wildman–Crippen LogP) is 1.64. The number of halogens is 2. The van der Waals surface area contributed by atoms with Gasteiger partial charge in [0.2, 0.25) is 0 Å². The smallest absolute Gasteiger partial charge is 0.250 e. The third-order valence-corrected chi connectivity index (χ3v) is 1.98. The normalized spacial score (nSPS) is 15.0. The van der Waals surface area contributed by atoms with E-state index in [-0.39, 0.29) is 24.6 Å². The van der Waals surface area contributed by atoms with Crippen LogP contribution in [-0.4, -0.2) is 30.7 Å². The molecule has 0 aliphatic carbocycles. The van der Waals surface area contributed by atoms with Crippen LogP contribution in [0.5, 0.6) is 0 Å².